The molecule has 92 valence electrons. The Morgan fingerprint density at radius 1 is 1.41 bits per heavy atom. The van der Waals surface area contributed by atoms with Crippen LogP contribution < -0.4 is 5.32 Å². The van der Waals surface area contributed by atoms with E-state index in [1.165, 1.54) is 0 Å². The minimum atomic E-state index is 0.210. The Bertz CT molecular complexity index is 384. The van der Waals surface area contributed by atoms with E-state index in [1.54, 1.807) is 0 Å². The van der Waals surface area contributed by atoms with Crippen molar-refractivity contribution < 1.29 is 4.74 Å². The van der Waals surface area contributed by atoms with Gasteiger partial charge >= 0.3 is 0 Å². The second kappa shape index (κ2) is 7.05. The van der Waals surface area contributed by atoms with Crippen molar-refractivity contribution >= 4 is 0 Å². The molecule has 0 aliphatic rings. The van der Waals surface area contributed by atoms with Gasteiger partial charge in [-0.05, 0) is 38.5 Å². The van der Waals surface area contributed by atoms with Gasteiger partial charge in [-0.25, -0.2) is 0 Å². The van der Waals surface area contributed by atoms with Crippen LogP contribution in [0, 0.1) is 11.3 Å². The predicted molar refractivity (Wildman–Crippen MR) is 68.7 cm³/mol. The first-order valence-electron chi connectivity index (χ1n) is 6.02. The monoisotopic (exact) mass is 232 g/mol. The normalized spacial score (nSPS) is 14.0. The van der Waals surface area contributed by atoms with Crippen molar-refractivity contribution in [3.05, 3.63) is 35.4 Å². The van der Waals surface area contributed by atoms with Crippen molar-refractivity contribution in [3.63, 3.8) is 0 Å². The molecule has 3 nitrogen and oxygen atoms in total. The van der Waals surface area contributed by atoms with E-state index >= 15 is 0 Å². The van der Waals surface area contributed by atoms with Crippen LogP contribution in [0.4, 0.5) is 0 Å². The van der Waals surface area contributed by atoms with Gasteiger partial charge < -0.3 is 10.1 Å². The SMILES string of the molecule is CCOC(C)CNC(C)c1cccc(C#N)c1. The zero-order valence-electron chi connectivity index (χ0n) is 10.7. The van der Waals surface area contributed by atoms with E-state index in [9.17, 15) is 0 Å². The van der Waals surface area contributed by atoms with E-state index in [0.29, 0.717) is 5.56 Å². The molecule has 1 aromatic carbocycles. The van der Waals surface area contributed by atoms with Crippen molar-refractivity contribution in [2.45, 2.75) is 32.9 Å². The van der Waals surface area contributed by atoms with Crippen LogP contribution in [-0.2, 0) is 4.74 Å². The molecule has 0 saturated carbocycles. The molecule has 1 N–H and O–H groups in total. The van der Waals surface area contributed by atoms with Crippen LogP contribution in [-0.4, -0.2) is 19.3 Å². The molecular weight excluding hydrogens is 212 g/mol. The third kappa shape index (κ3) is 4.56. The summed E-state index contributed by atoms with van der Waals surface area (Å²) < 4.78 is 5.46. The van der Waals surface area contributed by atoms with E-state index in [2.05, 4.69) is 25.2 Å². The van der Waals surface area contributed by atoms with E-state index < -0.39 is 0 Å². The molecule has 2 atom stereocenters. The van der Waals surface area contributed by atoms with Crippen LogP contribution >= 0.6 is 0 Å². The minimum Gasteiger partial charge on any atom is -0.377 e. The summed E-state index contributed by atoms with van der Waals surface area (Å²) in [6, 6.07) is 10.1. The Kier molecular flexibility index (Phi) is 5.68. The molecule has 0 aromatic heterocycles. The fourth-order valence-corrected chi connectivity index (χ4v) is 1.68. The predicted octanol–water partition coefficient (Wildman–Crippen LogP) is 2.63. The van der Waals surface area contributed by atoms with Crippen LogP contribution in [0.2, 0.25) is 0 Å². The zero-order chi connectivity index (χ0) is 12.7. The average Bonchev–Trinajstić information content (AvgIpc) is 2.36. The largest absolute Gasteiger partial charge is 0.377 e. The molecular formula is C14H20N2O. The first-order chi connectivity index (χ1) is 8.17. The Morgan fingerprint density at radius 2 is 2.18 bits per heavy atom. The molecule has 17 heavy (non-hydrogen) atoms. The number of ether oxygens (including phenoxy) is 1. The summed E-state index contributed by atoms with van der Waals surface area (Å²) in [5.74, 6) is 0. The highest BCUT2D eigenvalue weighted by Gasteiger charge is 2.07. The topological polar surface area (TPSA) is 45.0 Å². The summed E-state index contributed by atoms with van der Waals surface area (Å²) in [6.45, 7) is 7.69. The van der Waals surface area contributed by atoms with Crippen molar-refractivity contribution in [2.75, 3.05) is 13.2 Å². The van der Waals surface area contributed by atoms with Crippen molar-refractivity contribution in [1.29, 1.82) is 5.26 Å². The minimum absolute atomic E-state index is 0.210. The quantitative estimate of drug-likeness (QED) is 0.820. The zero-order valence-corrected chi connectivity index (χ0v) is 10.7. The summed E-state index contributed by atoms with van der Waals surface area (Å²) in [6.07, 6.45) is 0.210. The van der Waals surface area contributed by atoms with E-state index in [4.69, 9.17) is 10.00 Å². The molecule has 1 rings (SSSR count). The van der Waals surface area contributed by atoms with Crippen molar-refractivity contribution in [3.8, 4) is 6.07 Å². The van der Waals surface area contributed by atoms with Crippen LogP contribution in [0.3, 0.4) is 0 Å². The average molecular weight is 232 g/mol. The maximum atomic E-state index is 8.84. The van der Waals surface area contributed by atoms with Crippen molar-refractivity contribution in [2.24, 2.45) is 0 Å². The van der Waals surface area contributed by atoms with Gasteiger partial charge in [0.15, 0.2) is 0 Å². The van der Waals surface area contributed by atoms with Gasteiger partial charge in [-0.15, -0.1) is 0 Å². The molecule has 0 heterocycles. The van der Waals surface area contributed by atoms with Crippen LogP contribution in [0.1, 0.15) is 37.9 Å². The Hall–Kier alpha value is -1.37. The molecule has 1 aromatic rings. The molecule has 0 saturated heterocycles. The maximum Gasteiger partial charge on any atom is 0.0991 e. The van der Waals surface area contributed by atoms with Gasteiger partial charge in [0, 0.05) is 19.2 Å². The highest BCUT2D eigenvalue weighted by atomic mass is 16.5. The third-order valence-electron chi connectivity index (χ3n) is 2.68. The van der Waals surface area contributed by atoms with Gasteiger partial charge in [0.1, 0.15) is 0 Å². The summed E-state index contributed by atoms with van der Waals surface area (Å²) in [7, 11) is 0. The number of rotatable bonds is 6. The van der Waals surface area contributed by atoms with Crippen LogP contribution in [0.15, 0.2) is 24.3 Å². The molecule has 0 spiro atoms. The number of nitrogens with one attached hydrogen (secondary N) is 1. The number of benzene rings is 1. The molecule has 0 fully saturated rings. The molecule has 0 bridgehead atoms. The van der Waals surface area contributed by atoms with Gasteiger partial charge in [-0.1, -0.05) is 12.1 Å². The highest BCUT2D eigenvalue weighted by Crippen LogP contribution is 2.13. The van der Waals surface area contributed by atoms with Gasteiger partial charge in [-0.2, -0.15) is 5.26 Å². The highest BCUT2D eigenvalue weighted by molar-refractivity contribution is 5.33. The smallest absolute Gasteiger partial charge is 0.0991 e. The lowest BCUT2D eigenvalue weighted by Crippen LogP contribution is -2.29. The molecule has 0 radical (unpaired) electrons. The fraction of sp³-hybridized carbons (Fsp3) is 0.500. The lowest BCUT2D eigenvalue weighted by Gasteiger charge is -2.18. The summed E-state index contributed by atoms with van der Waals surface area (Å²) >= 11 is 0. The van der Waals surface area contributed by atoms with E-state index in [1.807, 2.05) is 31.2 Å². The third-order valence-corrected chi connectivity index (χ3v) is 2.68. The molecule has 0 aliphatic carbocycles. The lowest BCUT2D eigenvalue weighted by atomic mass is 10.1. The lowest BCUT2D eigenvalue weighted by molar-refractivity contribution is 0.0743. The van der Waals surface area contributed by atoms with Crippen LogP contribution in [0.25, 0.3) is 0 Å². The Labute approximate surface area is 103 Å². The second-order valence-electron chi connectivity index (χ2n) is 4.13. The first kappa shape index (κ1) is 13.7. The van der Waals surface area contributed by atoms with E-state index in [0.717, 1.165) is 18.7 Å². The fourth-order valence-electron chi connectivity index (χ4n) is 1.68. The van der Waals surface area contributed by atoms with Gasteiger partial charge in [-0.3, -0.25) is 0 Å². The van der Waals surface area contributed by atoms with Gasteiger partial charge in [0.25, 0.3) is 0 Å². The molecule has 2 unspecified atom stereocenters. The molecule has 0 amide bonds. The number of nitriles is 1. The maximum absolute atomic E-state index is 8.84. The van der Waals surface area contributed by atoms with Crippen LogP contribution in [0.5, 0.6) is 0 Å². The van der Waals surface area contributed by atoms with Gasteiger partial charge in [0.05, 0.1) is 17.7 Å². The number of hydrogen-bond acceptors (Lipinski definition) is 3. The van der Waals surface area contributed by atoms with E-state index in [-0.39, 0.29) is 12.1 Å². The Morgan fingerprint density at radius 3 is 2.82 bits per heavy atom. The second-order valence-corrected chi connectivity index (χ2v) is 4.13. The number of nitrogens with zero attached hydrogens (tertiary/aromatic N) is 1. The summed E-state index contributed by atoms with van der Waals surface area (Å²) in [5, 5.41) is 12.2. The van der Waals surface area contributed by atoms with Gasteiger partial charge in [0.2, 0.25) is 0 Å². The molecule has 0 aliphatic heterocycles. The van der Waals surface area contributed by atoms with Crippen molar-refractivity contribution in [1.82, 2.24) is 5.32 Å². The standard InChI is InChI=1S/C14H20N2O/c1-4-17-11(2)10-16-12(3)14-7-5-6-13(8-14)9-15/h5-8,11-12,16H,4,10H2,1-3H3. The molecule has 3 heteroatoms. The summed E-state index contributed by atoms with van der Waals surface area (Å²) in [4.78, 5) is 0. The number of hydrogen-bond donors (Lipinski definition) is 1. The first-order valence-corrected chi connectivity index (χ1v) is 6.02. The summed E-state index contributed by atoms with van der Waals surface area (Å²) in [5.41, 5.74) is 1.83. The Balaban J connectivity index is 2.52.